The number of unbranched alkanes of at least 4 members (excludes halogenated alkanes) is 2. The van der Waals surface area contributed by atoms with Crippen LogP contribution in [0.15, 0.2) is 23.2 Å². The van der Waals surface area contributed by atoms with Crippen molar-refractivity contribution < 1.29 is 0 Å². The summed E-state index contributed by atoms with van der Waals surface area (Å²) < 4.78 is 0. The minimum absolute atomic E-state index is 0.0278. The quantitative estimate of drug-likeness (QED) is 0.497. The highest BCUT2D eigenvalue weighted by Gasteiger charge is 2.05. The Labute approximate surface area is 119 Å². The van der Waals surface area contributed by atoms with Crippen molar-refractivity contribution in [3.63, 3.8) is 0 Å². The highest BCUT2D eigenvalue weighted by atomic mass is 15.1. The van der Waals surface area contributed by atoms with E-state index in [1.54, 1.807) is 0 Å². The van der Waals surface area contributed by atoms with Crippen molar-refractivity contribution >= 4 is 22.8 Å². The van der Waals surface area contributed by atoms with Gasteiger partial charge >= 0.3 is 0 Å². The molecule has 4 N–H and O–H groups in total. The lowest BCUT2D eigenvalue weighted by atomic mass is 10.0. The first-order chi connectivity index (χ1) is 9.60. The molecule has 0 aliphatic rings. The second-order valence-corrected chi connectivity index (χ2v) is 4.95. The monoisotopic (exact) mass is 271 g/mol. The third kappa shape index (κ3) is 3.44. The van der Waals surface area contributed by atoms with Crippen LogP contribution in [-0.2, 0) is 6.42 Å². The van der Waals surface area contributed by atoms with Crippen LogP contribution in [0.3, 0.4) is 0 Å². The molecule has 0 fully saturated rings. The van der Waals surface area contributed by atoms with Crippen LogP contribution < -0.4 is 11.5 Å². The number of aromatic nitrogens is 2. The molecule has 0 radical (unpaired) electrons. The summed E-state index contributed by atoms with van der Waals surface area (Å²) in [5.74, 6) is 0.286. The molecule has 0 aliphatic heterocycles. The van der Waals surface area contributed by atoms with Crippen molar-refractivity contribution in [2.45, 2.75) is 39.5 Å². The Bertz CT molecular complexity index is 629. The average molecular weight is 271 g/mol. The Kier molecular flexibility index (Phi) is 4.50. The molecule has 5 nitrogen and oxygen atoms in total. The van der Waals surface area contributed by atoms with Gasteiger partial charge in [-0.05, 0) is 37.5 Å². The molecule has 0 atom stereocenters. The van der Waals surface area contributed by atoms with Gasteiger partial charge < -0.3 is 11.5 Å². The molecule has 0 unspecified atom stereocenters. The van der Waals surface area contributed by atoms with Crippen LogP contribution in [0.25, 0.3) is 10.9 Å². The Morgan fingerprint density at radius 2 is 2.00 bits per heavy atom. The number of hydrogen-bond acceptors (Lipinski definition) is 3. The first-order valence-corrected chi connectivity index (χ1v) is 6.97. The van der Waals surface area contributed by atoms with Gasteiger partial charge in [-0.15, -0.1) is 0 Å². The van der Waals surface area contributed by atoms with Crippen LogP contribution in [0, 0.1) is 6.92 Å². The van der Waals surface area contributed by atoms with Crippen LogP contribution in [0.1, 0.15) is 37.4 Å². The number of nitrogens with two attached hydrogens (primary N) is 2. The number of rotatable bonds is 5. The van der Waals surface area contributed by atoms with E-state index in [2.05, 4.69) is 34.0 Å². The van der Waals surface area contributed by atoms with Gasteiger partial charge in [0.05, 0.1) is 11.2 Å². The highest BCUT2D eigenvalue weighted by Crippen LogP contribution is 2.21. The van der Waals surface area contributed by atoms with Crippen molar-refractivity contribution in [1.29, 1.82) is 0 Å². The fourth-order valence-electron chi connectivity index (χ4n) is 2.21. The largest absolute Gasteiger partial charge is 0.370 e. The molecular weight excluding hydrogens is 250 g/mol. The molecule has 0 saturated carbocycles. The lowest BCUT2D eigenvalue weighted by Gasteiger charge is -2.06. The third-order valence-corrected chi connectivity index (χ3v) is 3.24. The van der Waals surface area contributed by atoms with Crippen molar-refractivity contribution in [3.8, 4) is 0 Å². The maximum Gasteiger partial charge on any atom is 0.253 e. The van der Waals surface area contributed by atoms with Crippen LogP contribution in [0.5, 0.6) is 0 Å². The average Bonchev–Trinajstić information content (AvgIpc) is 2.39. The molecule has 1 aromatic heterocycles. The highest BCUT2D eigenvalue weighted by molar-refractivity contribution is 5.83. The topological polar surface area (TPSA) is 90.2 Å². The van der Waals surface area contributed by atoms with E-state index in [0.29, 0.717) is 5.95 Å². The first kappa shape index (κ1) is 14.2. The molecule has 0 saturated heterocycles. The van der Waals surface area contributed by atoms with E-state index in [9.17, 15) is 0 Å². The van der Waals surface area contributed by atoms with E-state index in [1.165, 1.54) is 24.8 Å². The van der Waals surface area contributed by atoms with E-state index in [4.69, 9.17) is 11.5 Å². The summed E-state index contributed by atoms with van der Waals surface area (Å²) in [5, 5.41) is 1.06. The van der Waals surface area contributed by atoms with E-state index >= 15 is 0 Å². The predicted molar refractivity (Wildman–Crippen MR) is 83.0 cm³/mol. The summed E-state index contributed by atoms with van der Waals surface area (Å²) in [4.78, 5) is 12.6. The van der Waals surface area contributed by atoms with Gasteiger partial charge in [-0.1, -0.05) is 25.8 Å². The van der Waals surface area contributed by atoms with Crippen molar-refractivity contribution in [2.24, 2.45) is 16.5 Å². The van der Waals surface area contributed by atoms with Crippen LogP contribution in [-0.4, -0.2) is 15.9 Å². The molecule has 1 heterocycles. The first-order valence-electron chi connectivity index (χ1n) is 6.97. The lowest BCUT2D eigenvalue weighted by Crippen LogP contribution is -2.22. The summed E-state index contributed by atoms with van der Waals surface area (Å²) in [6.07, 6.45) is 4.81. The maximum atomic E-state index is 5.36. The summed E-state index contributed by atoms with van der Waals surface area (Å²) in [6.45, 7) is 4.16. The SMILES string of the molecule is CCCCCc1ccc2nc(N=C(N)N)nc(C)c2c1. The van der Waals surface area contributed by atoms with Crippen LogP contribution >= 0.6 is 0 Å². The second kappa shape index (κ2) is 6.32. The zero-order chi connectivity index (χ0) is 14.5. The number of fused-ring (bicyclic) bond motifs is 1. The van der Waals surface area contributed by atoms with Crippen molar-refractivity contribution in [1.82, 2.24) is 9.97 Å². The van der Waals surface area contributed by atoms with Gasteiger partial charge in [0.2, 0.25) is 0 Å². The summed E-state index contributed by atoms with van der Waals surface area (Å²) in [7, 11) is 0. The molecular formula is C15H21N5. The van der Waals surface area contributed by atoms with E-state index in [-0.39, 0.29) is 5.96 Å². The normalized spacial score (nSPS) is 10.7. The molecule has 0 amide bonds. The van der Waals surface area contributed by atoms with Gasteiger partial charge in [0.15, 0.2) is 5.96 Å². The smallest absolute Gasteiger partial charge is 0.253 e. The zero-order valence-corrected chi connectivity index (χ0v) is 12.1. The summed E-state index contributed by atoms with van der Waals surface area (Å²) in [6, 6.07) is 6.29. The minimum atomic E-state index is -0.0278. The van der Waals surface area contributed by atoms with E-state index in [1.807, 2.05) is 13.0 Å². The molecule has 106 valence electrons. The molecule has 0 spiro atoms. The van der Waals surface area contributed by atoms with Crippen LogP contribution in [0.4, 0.5) is 5.95 Å². The molecule has 2 rings (SSSR count). The number of aryl methyl sites for hydroxylation is 2. The van der Waals surface area contributed by atoms with Gasteiger partial charge in [-0.2, -0.15) is 4.99 Å². The molecule has 0 aliphatic carbocycles. The summed E-state index contributed by atoms with van der Waals surface area (Å²) in [5.41, 5.74) is 13.8. The molecule has 0 bridgehead atoms. The number of benzene rings is 1. The molecule has 20 heavy (non-hydrogen) atoms. The standard InChI is InChI=1S/C15H21N5/c1-3-4-5-6-11-7-8-13-12(9-11)10(2)18-15(19-13)20-14(16)17/h7-9H,3-6H2,1-2H3,(H4,16,17,18,19,20). The predicted octanol–water partition coefficient (Wildman–Crippen LogP) is 2.58. The number of guanidine groups is 1. The minimum Gasteiger partial charge on any atom is -0.370 e. The fourth-order valence-corrected chi connectivity index (χ4v) is 2.21. The lowest BCUT2D eigenvalue weighted by molar-refractivity contribution is 0.718. The third-order valence-electron chi connectivity index (χ3n) is 3.24. The molecule has 5 heteroatoms. The maximum absolute atomic E-state index is 5.36. The Balaban J connectivity index is 2.34. The molecule has 1 aromatic carbocycles. The zero-order valence-electron chi connectivity index (χ0n) is 12.1. The van der Waals surface area contributed by atoms with Gasteiger partial charge in [0.25, 0.3) is 5.95 Å². The second-order valence-electron chi connectivity index (χ2n) is 4.95. The van der Waals surface area contributed by atoms with Crippen molar-refractivity contribution in [2.75, 3.05) is 0 Å². The number of nitrogens with zero attached hydrogens (tertiary/aromatic N) is 3. The van der Waals surface area contributed by atoms with Gasteiger partial charge in [0, 0.05) is 5.39 Å². The van der Waals surface area contributed by atoms with Crippen molar-refractivity contribution in [3.05, 3.63) is 29.5 Å². The Hall–Kier alpha value is -2.17. The van der Waals surface area contributed by atoms with Gasteiger partial charge in [0.1, 0.15) is 0 Å². The van der Waals surface area contributed by atoms with E-state index < -0.39 is 0 Å². The Morgan fingerprint density at radius 3 is 2.70 bits per heavy atom. The number of aliphatic imine (C=N–C) groups is 1. The van der Waals surface area contributed by atoms with E-state index in [0.717, 1.165) is 23.0 Å². The van der Waals surface area contributed by atoms with Gasteiger partial charge in [-0.25, -0.2) is 9.97 Å². The molecule has 2 aromatic rings. The Morgan fingerprint density at radius 1 is 1.20 bits per heavy atom. The summed E-state index contributed by atoms with van der Waals surface area (Å²) >= 11 is 0. The van der Waals surface area contributed by atoms with Gasteiger partial charge in [-0.3, -0.25) is 0 Å². The van der Waals surface area contributed by atoms with Crippen LogP contribution in [0.2, 0.25) is 0 Å². The number of hydrogen-bond donors (Lipinski definition) is 2. The fraction of sp³-hybridized carbons (Fsp3) is 0.400.